The summed E-state index contributed by atoms with van der Waals surface area (Å²) in [5.41, 5.74) is 0.0215. The van der Waals surface area contributed by atoms with Crippen LogP contribution < -0.4 is 11.2 Å². The van der Waals surface area contributed by atoms with Gasteiger partial charge in [-0.05, 0) is 19.8 Å². The van der Waals surface area contributed by atoms with Gasteiger partial charge in [-0.25, -0.2) is 9.78 Å². The fourth-order valence-corrected chi connectivity index (χ4v) is 3.31. The van der Waals surface area contributed by atoms with Gasteiger partial charge in [-0.1, -0.05) is 0 Å². The Labute approximate surface area is 139 Å². The van der Waals surface area contributed by atoms with E-state index >= 15 is 0 Å². The number of hydrogen-bond acceptors (Lipinski definition) is 4. The Morgan fingerprint density at radius 3 is 2.54 bits per heavy atom. The van der Waals surface area contributed by atoms with Gasteiger partial charge in [-0.2, -0.15) is 0 Å². The Balaban J connectivity index is 2.02. The fraction of sp³-hybridized carbons (Fsp3) is 0.500. The number of nitrogens with zero attached hydrogens (tertiary/aromatic N) is 5. The molecule has 1 atom stereocenters. The number of hydrogen-bond donors (Lipinski definition) is 0. The van der Waals surface area contributed by atoms with Gasteiger partial charge in [0.1, 0.15) is 11.5 Å². The normalized spacial score (nSPS) is 17.5. The third kappa shape index (κ3) is 2.47. The van der Waals surface area contributed by atoms with Gasteiger partial charge >= 0.3 is 5.69 Å². The number of rotatable bonds is 2. The Kier molecular flexibility index (Phi) is 3.90. The second kappa shape index (κ2) is 5.77. The number of carbonyl (C=O) groups is 1. The SMILES string of the molecule is Cc1cn(C)c([C@H]2CCCN2C(=O)c2cc(=O)n(C)c(=O)n2C)n1. The third-order valence-corrected chi connectivity index (χ3v) is 4.59. The zero-order chi connectivity index (χ0) is 17.6. The van der Waals surface area contributed by atoms with Crippen LogP contribution in [0.2, 0.25) is 0 Å². The first-order valence-electron chi connectivity index (χ1n) is 7.89. The predicted octanol–water partition coefficient (Wildman–Crippen LogP) is 0.103. The van der Waals surface area contributed by atoms with E-state index in [1.165, 1.54) is 24.7 Å². The molecule has 8 nitrogen and oxygen atoms in total. The summed E-state index contributed by atoms with van der Waals surface area (Å²) in [5.74, 6) is 0.516. The van der Waals surface area contributed by atoms with Crippen molar-refractivity contribution in [2.24, 2.45) is 21.1 Å². The summed E-state index contributed by atoms with van der Waals surface area (Å²) in [5, 5.41) is 0. The molecule has 1 saturated heterocycles. The van der Waals surface area contributed by atoms with Crippen LogP contribution in [0.25, 0.3) is 0 Å². The van der Waals surface area contributed by atoms with Crippen LogP contribution in [0.5, 0.6) is 0 Å². The molecule has 3 rings (SSSR count). The van der Waals surface area contributed by atoms with Crippen molar-refractivity contribution < 1.29 is 4.79 Å². The second-order valence-corrected chi connectivity index (χ2v) is 6.28. The van der Waals surface area contributed by atoms with Crippen molar-refractivity contribution in [1.29, 1.82) is 0 Å². The van der Waals surface area contributed by atoms with Crippen molar-refractivity contribution in [3.8, 4) is 0 Å². The molecule has 128 valence electrons. The van der Waals surface area contributed by atoms with Gasteiger partial charge in [0.05, 0.1) is 11.7 Å². The van der Waals surface area contributed by atoms with Gasteiger partial charge in [-0.15, -0.1) is 0 Å². The van der Waals surface area contributed by atoms with Gasteiger partial charge in [0.25, 0.3) is 11.5 Å². The summed E-state index contributed by atoms with van der Waals surface area (Å²) < 4.78 is 4.14. The number of likely N-dealkylation sites (tertiary alicyclic amines) is 1. The van der Waals surface area contributed by atoms with Crippen LogP contribution in [0.1, 0.15) is 40.9 Å². The number of imidazole rings is 1. The van der Waals surface area contributed by atoms with Crippen molar-refractivity contribution in [3.63, 3.8) is 0 Å². The van der Waals surface area contributed by atoms with Crippen LogP contribution in [-0.2, 0) is 21.1 Å². The minimum Gasteiger partial charge on any atom is -0.336 e. The van der Waals surface area contributed by atoms with Gasteiger partial charge in [-0.3, -0.25) is 18.7 Å². The molecular formula is C16H21N5O3. The average Bonchev–Trinajstić information content (AvgIpc) is 3.14. The largest absolute Gasteiger partial charge is 0.336 e. The molecule has 0 bridgehead atoms. The van der Waals surface area contributed by atoms with Crippen LogP contribution in [-0.4, -0.2) is 36.0 Å². The first-order chi connectivity index (χ1) is 11.3. The maximum Gasteiger partial charge on any atom is 0.331 e. The molecule has 0 spiro atoms. The quantitative estimate of drug-likeness (QED) is 0.782. The molecule has 24 heavy (non-hydrogen) atoms. The minimum atomic E-state index is -0.505. The zero-order valence-electron chi connectivity index (χ0n) is 14.3. The van der Waals surface area contributed by atoms with Crippen molar-refractivity contribution >= 4 is 5.91 Å². The first kappa shape index (κ1) is 16.2. The summed E-state index contributed by atoms with van der Waals surface area (Å²) in [6.07, 6.45) is 3.60. The minimum absolute atomic E-state index is 0.112. The summed E-state index contributed by atoms with van der Waals surface area (Å²) >= 11 is 0. The van der Waals surface area contributed by atoms with Crippen molar-refractivity contribution in [2.75, 3.05) is 6.54 Å². The molecule has 0 aliphatic carbocycles. The molecule has 2 aromatic rings. The van der Waals surface area contributed by atoms with Crippen molar-refractivity contribution in [2.45, 2.75) is 25.8 Å². The van der Waals surface area contributed by atoms with E-state index in [1.807, 2.05) is 24.7 Å². The summed E-state index contributed by atoms with van der Waals surface area (Å²) in [7, 11) is 4.81. The maximum absolute atomic E-state index is 13.0. The smallest absolute Gasteiger partial charge is 0.331 e. The first-order valence-corrected chi connectivity index (χ1v) is 7.89. The molecule has 0 aromatic carbocycles. The molecule has 2 aromatic heterocycles. The predicted molar refractivity (Wildman–Crippen MR) is 87.9 cm³/mol. The van der Waals surface area contributed by atoms with Gasteiger partial charge in [0.2, 0.25) is 0 Å². The Morgan fingerprint density at radius 1 is 1.21 bits per heavy atom. The lowest BCUT2D eigenvalue weighted by Crippen LogP contribution is -2.42. The topological polar surface area (TPSA) is 82.1 Å². The molecule has 0 saturated carbocycles. The number of carbonyl (C=O) groups excluding carboxylic acids is 1. The summed E-state index contributed by atoms with van der Waals surface area (Å²) in [4.78, 5) is 43.2. The van der Waals surface area contributed by atoms with Crippen LogP contribution >= 0.6 is 0 Å². The van der Waals surface area contributed by atoms with Crippen LogP contribution in [0.4, 0.5) is 0 Å². The molecule has 0 N–H and O–H groups in total. The van der Waals surface area contributed by atoms with E-state index in [4.69, 9.17) is 0 Å². The molecule has 8 heteroatoms. The molecule has 1 aliphatic heterocycles. The van der Waals surface area contributed by atoms with Gasteiger partial charge < -0.3 is 9.47 Å². The third-order valence-electron chi connectivity index (χ3n) is 4.59. The van der Waals surface area contributed by atoms with E-state index in [9.17, 15) is 14.4 Å². The number of aromatic nitrogens is 4. The Bertz CT molecular complexity index is 921. The van der Waals surface area contributed by atoms with Crippen molar-refractivity contribution in [1.82, 2.24) is 23.6 Å². The van der Waals surface area contributed by atoms with E-state index in [1.54, 1.807) is 4.90 Å². The Hall–Kier alpha value is -2.64. The lowest BCUT2D eigenvalue weighted by Gasteiger charge is -2.25. The lowest BCUT2D eigenvalue weighted by molar-refractivity contribution is 0.0716. The lowest BCUT2D eigenvalue weighted by atomic mass is 10.2. The molecular weight excluding hydrogens is 310 g/mol. The van der Waals surface area contributed by atoms with E-state index < -0.39 is 11.2 Å². The standard InChI is InChI=1S/C16H21N5O3/c1-10-9-18(2)14(17-10)11-6-5-7-21(11)15(23)12-8-13(22)20(4)16(24)19(12)3/h8-9,11H,5-7H2,1-4H3/t11-/m1/s1. The van der Waals surface area contributed by atoms with E-state index in [-0.39, 0.29) is 17.6 Å². The number of amides is 1. The second-order valence-electron chi connectivity index (χ2n) is 6.28. The number of aryl methyl sites for hydroxylation is 2. The highest BCUT2D eigenvalue weighted by atomic mass is 16.2. The Morgan fingerprint density at radius 2 is 1.92 bits per heavy atom. The van der Waals surface area contributed by atoms with Gasteiger partial charge in [0.15, 0.2) is 0 Å². The van der Waals surface area contributed by atoms with Crippen LogP contribution in [0.15, 0.2) is 21.9 Å². The highest BCUT2D eigenvalue weighted by Crippen LogP contribution is 2.32. The monoisotopic (exact) mass is 331 g/mol. The molecule has 3 heterocycles. The molecule has 0 radical (unpaired) electrons. The van der Waals surface area contributed by atoms with E-state index in [2.05, 4.69) is 4.98 Å². The summed E-state index contributed by atoms with van der Waals surface area (Å²) in [6.45, 7) is 2.49. The molecule has 1 fully saturated rings. The van der Waals surface area contributed by atoms with Crippen molar-refractivity contribution in [3.05, 3.63) is 50.3 Å². The van der Waals surface area contributed by atoms with Crippen LogP contribution in [0.3, 0.4) is 0 Å². The van der Waals surface area contributed by atoms with E-state index in [0.717, 1.165) is 28.9 Å². The highest BCUT2D eigenvalue weighted by molar-refractivity contribution is 5.92. The molecule has 1 aliphatic rings. The van der Waals surface area contributed by atoms with Gasteiger partial charge in [0, 0.05) is 40.0 Å². The summed E-state index contributed by atoms with van der Waals surface area (Å²) in [6, 6.07) is 1.08. The highest BCUT2D eigenvalue weighted by Gasteiger charge is 2.34. The van der Waals surface area contributed by atoms with Crippen LogP contribution in [0, 0.1) is 6.92 Å². The average molecular weight is 331 g/mol. The van der Waals surface area contributed by atoms with E-state index in [0.29, 0.717) is 6.54 Å². The molecule has 1 amide bonds. The maximum atomic E-state index is 13.0. The fourth-order valence-electron chi connectivity index (χ4n) is 3.31. The molecule has 0 unspecified atom stereocenters. The zero-order valence-corrected chi connectivity index (χ0v) is 14.3.